The summed E-state index contributed by atoms with van der Waals surface area (Å²) in [5, 5.41) is 9.67. The third-order valence-corrected chi connectivity index (χ3v) is 3.37. The van der Waals surface area contributed by atoms with E-state index in [1.807, 2.05) is 6.07 Å². The second-order valence-corrected chi connectivity index (χ2v) is 5.39. The Morgan fingerprint density at radius 3 is 2.50 bits per heavy atom. The van der Waals surface area contributed by atoms with Crippen molar-refractivity contribution in [3.8, 4) is 23.3 Å². The summed E-state index contributed by atoms with van der Waals surface area (Å²) in [4.78, 5) is 11.9. The molecule has 0 aliphatic carbocycles. The Morgan fingerprint density at radius 2 is 1.83 bits per heavy atom. The molecule has 2 aromatic rings. The number of benzene rings is 2. The Morgan fingerprint density at radius 1 is 1.08 bits per heavy atom. The summed E-state index contributed by atoms with van der Waals surface area (Å²) < 4.78 is 15.9. The summed E-state index contributed by atoms with van der Waals surface area (Å²) in [7, 11) is 0. The van der Waals surface area contributed by atoms with Gasteiger partial charge in [0.25, 0.3) is 0 Å². The summed E-state index contributed by atoms with van der Waals surface area (Å²) in [5.41, 5.74) is 0.405. The van der Waals surface area contributed by atoms with Crippen LogP contribution in [0, 0.1) is 11.3 Å². The zero-order valence-electron chi connectivity index (χ0n) is 12.7. The van der Waals surface area contributed by atoms with Crippen molar-refractivity contribution in [3.05, 3.63) is 52.0 Å². The van der Waals surface area contributed by atoms with Crippen LogP contribution in [0.5, 0.6) is 17.2 Å². The van der Waals surface area contributed by atoms with Crippen molar-refractivity contribution in [2.45, 2.75) is 6.92 Å². The first kappa shape index (κ1) is 17.9. The molecule has 0 aliphatic heterocycles. The zero-order valence-corrected chi connectivity index (χ0v) is 14.2. The molecule has 0 N–H and O–H groups in total. The van der Waals surface area contributed by atoms with Gasteiger partial charge in [-0.15, -0.1) is 0 Å². The molecule has 0 aromatic heterocycles. The standard InChI is InChI=1S/C17H13Cl2NO4/c1-2-22-16-7-11(9-20)3-5-15(16)24-17(21)10-23-14-6-4-12(18)8-13(14)19/h3-8H,2,10H2,1H3. The molecule has 0 spiro atoms. The molecule has 2 aromatic carbocycles. The molecule has 0 saturated heterocycles. The van der Waals surface area contributed by atoms with Crippen LogP contribution in [0.25, 0.3) is 0 Å². The number of rotatable bonds is 6. The second kappa shape index (κ2) is 8.44. The fourth-order valence-corrected chi connectivity index (χ4v) is 2.27. The molecule has 124 valence electrons. The number of carbonyl (C=O) groups excluding carboxylic acids is 1. The lowest BCUT2D eigenvalue weighted by Gasteiger charge is -2.11. The first-order valence-corrected chi connectivity index (χ1v) is 7.74. The molecule has 0 atom stereocenters. The summed E-state index contributed by atoms with van der Waals surface area (Å²) >= 11 is 11.8. The van der Waals surface area contributed by atoms with Gasteiger partial charge in [-0.25, -0.2) is 4.79 Å². The van der Waals surface area contributed by atoms with Crippen molar-refractivity contribution in [2.24, 2.45) is 0 Å². The number of hydrogen-bond donors (Lipinski definition) is 0. The molecule has 5 nitrogen and oxygen atoms in total. The molecule has 0 saturated carbocycles. The van der Waals surface area contributed by atoms with Crippen molar-refractivity contribution in [1.82, 2.24) is 0 Å². The Balaban J connectivity index is 2.03. The predicted octanol–water partition coefficient (Wildman–Crippen LogP) is 4.25. The third kappa shape index (κ3) is 4.79. The van der Waals surface area contributed by atoms with Crippen LogP contribution < -0.4 is 14.2 Å². The van der Waals surface area contributed by atoms with Crippen LogP contribution >= 0.6 is 23.2 Å². The molecule has 2 rings (SSSR count). The number of esters is 1. The first-order valence-electron chi connectivity index (χ1n) is 6.99. The van der Waals surface area contributed by atoms with E-state index in [1.165, 1.54) is 24.3 Å². The maximum Gasteiger partial charge on any atom is 0.349 e. The van der Waals surface area contributed by atoms with Crippen molar-refractivity contribution < 1.29 is 19.0 Å². The van der Waals surface area contributed by atoms with Gasteiger partial charge in [0.1, 0.15) is 5.75 Å². The van der Waals surface area contributed by atoms with Crippen LogP contribution in [0.4, 0.5) is 0 Å². The second-order valence-electron chi connectivity index (χ2n) is 4.54. The Hall–Kier alpha value is -2.42. The van der Waals surface area contributed by atoms with Gasteiger partial charge in [0, 0.05) is 11.1 Å². The fraction of sp³-hybridized carbons (Fsp3) is 0.176. The molecule has 0 radical (unpaired) electrons. The molecule has 0 unspecified atom stereocenters. The highest BCUT2D eigenvalue weighted by molar-refractivity contribution is 6.35. The normalized spacial score (nSPS) is 9.92. The van der Waals surface area contributed by atoms with Crippen LogP contribution in [-0.2, 0) is 4.79 Å². The smallest absolute Gasteiger partial charge is 0.349 e. The number of nitrogens with zero attached hydrogens (tertiary/aromatic N) is 1. The van der Waals surface area contributed by atoms with Gasteiger partial charge in [-0.2, -0.15) is 5.26 Å². The fourth-order valence-electron chi connectivity index (χ4n) is 1.81. The van der Waals surface area contributed by atoms with Gasteiger partial charge in [-0.1, -0.05) is 23.2 Å². The van der Waals surface area contributed by atoms with E-state index in [-0.39, 0.29) is 12.4 Å². The molecular formula is C17H13Cl2NO4. The van der Waals surface area contributed by atoms with E-state index in [0.717, 1.165) is 0 Å². The Labute approximate surface area is 149 Å². The molecular weight excluding hydrogens is 353 g/mol. The molecule has 24 heavy (non-hydrogen) atoms. The monoisotopic (exact) mass is 365 g/mol. The van der Waals surface area contributed by atoms with Crippen molar-refractivity contribution in [3.63, 3.8) is 0 Å². The van der Waals surface area contributed by atoms with E-state index in [0.29, 0.717) is 33.7 Å². The minimum absolute atomic E-state index is 0.214. The lowest BCUT2D eigenvalue weighted by molar-refractivity contribution is -0.136. The Bertz CT molecular complexity index is 787. The largest absolute Gasteiger partial charge is 0.490 e. The zero-order chi connectivity index (χ0) is 17.5. The number of hydrogen-bond acceptors (Lipinski definition) is 5. The van der Waals surface area contributed by atoms with E-state index >= 15 is 0 Å². The summed E-state index contributed by atoms with van der Waals surface area (Å²) in [6.07, 6.45) is 0. The van der Waals surface area contributed by atoms with Crippen molar-refractivity contribution >= 4 is 29.2 Å². The number of carbonyl (C=O) groups is 1. The molecule has 0 fully saturated rings. The van der Waals surface area contributed by atoms with Gasteiger partial charge in [0.15, 0.2) is 18.1 Å². The van der Waals surface area contributed by atoms with Gasteiger partial charge >= 0.3 is 5.97 Å². The SMILES string of the molecule is CCOc1cc(C#N)ccc1OC(=O)COc1ccc(Cl)cc1Cl. The minimum atomic E-state index is -0.633. The average Bonchev–Trinajstić information content (AvgIpc) is 2.56. The third-order valence-electron chi connectivity index (χ3n) is 2.84. The molecule has 0 aliphatic rings. The van der Waals surface area contributed by atoms with Crippen LogP contribution in [0.1, 0.15) is 12.5 Å². The molecule has 0 amide bonds. The van der Waals surface area contributed by atoms with E-state index < -0.39 is 5.97 Å². The van der Waals surface area contributed by atoms with Crippen molar-refractivity contribution in [1.29, 1.82) is 5.26 Å². The van der Waals surface area contributed by atoms with Crippen LogP contribution in [-0.4, -0.2) is 19.2 Å². The highest BCUT2D eigenvalue weighted by Crippen LogP contribution is 2.29. The lowest BCUT2D eigenvalue weighted by Crippen LogP contribution is -2.18. The topological polar surface area (TPSA) is 68.5 Å². The molecule has 7 heteroatoms. The Kier molecular flexibility index (Phi) is 6.30. The van der Waals surface area contributed by atoms with Crippen LogP contribution in [0.3, 0.4) is 0 Å². The van der Waals surface area contributed by atoms with E-state index in [9.17, 15) is 4.79 Å². The number of ether oxygens (including phenoxy) is 3. The summed E-state index contributed by atoms with van der Waals surface area (Å²) in [6, 6.07) is 11.2. The van der Waals surface area contributed by atoms with Crippen molar-refractivity contribution in [2.75, 3.05) is 13.2 Å². The minimum Gasteiger partial charge on any atom is -0.490 e. The predicted molar refractivity (Wildman–Crippen MR) is 89.9 cm³/mol. The maximum absolute atomic E-state index is 11.9. The van der Waals surface area contributed by atoms with E-state index in [2.05, 4.69) is 0 Å². The highest BCUT2D eigenvalue weighted by Gasteiger charge is 2.13. The summed E-state index contributed by atoms with van der Waals surface area (Å²) in [5.74, 6) is 0.218. The lowest BCUT2D eigenvalue weighted by atomic mass is 10.2. The van der Waals surface area contributed by atoms with E-state index in [1.54, 1.807) is 19.1 Å². The molecule has 0 heterocycles. The van der Waals surface area contributed by atoms with Gasteiger partial charge < -0.3 is 14.2 Å². The number of nitriles is 1. The van der Waals surface area contributed by atoms with Gasteiger partial charge in [-0.05, 0) is 37.3 Å². The van der Waals surface area contributed by atoms with Gasteiger partial charge in [0.2, 0.25) is 0 Å². The summed E-state index contributed by atoms with van der Waals surface area (Å²) in [6.45, 7) is 1.82. The van der Waals surface area contributed by atoms with Crippen LogP contribution in [0.15, 0.2) is 36.4 Å². The van der Waals surface area contributed by atoms with Gasteiger partial charge in [-0.3, -0.25) is 0 Å². The number of halogens is 2. The van der Waals surface area contributed by atoms with Gasteiger partial charge in [0.05, 0.1) is 23.3 Å². The maximum atomic E-state index is 11.9. The first-order chi connectivity index (χ1) is 11.5. The quantitative estimate of drug-likeness (QED) is 0.565. The highest BCUT2D eigenvalue weighted by atomic mass is 35.5. The molecule has 0 bridgehead atoms. The van der Waals surface area contributed by atoms with E-state index in [4.69, 9.17) is 42.7 Å². The van der Waals surface area contributed by atoms with Crippen LogP contribution in [0.2, 0.25) is 10.0 Å². The average molecular weight is 366 g/mol.